The number of benzene rings is 1. The Morgan fingerprint density at radius 1 is 1.11 bits per heavy atom. The fourth-order valence-corrected chi connectivity index (χ4v) is 3.47. The predicted molar refractivity (Wildman–Crippen MR) is 78.7 cm³/mol. The Labute approximate surface area is 112 Å². The standard InChI is InChI=1S/C17H27N/c1-12-6-5-7-16(9-12)15(4)18-17-10-13(2)8-14(3)11-17/h5-7,9,13-15,17-18H,8,10-11H2,1-4H3/t13?,14?,15-,17?/m1/s1. The highest BCUT2D eigenvalue weighted by Crippen LogP contribution is 2.30. The third-order valence-corrected chi connectivity index (χ3v) is 4.21. The van der Waals surface area contributed by atoms with Gasteiger partial charge >= 0.3 is 0 Å². The molecule has 0 radical (unpaired) electrons. The molecule has 1 heteroatoms. The van der Waals surface area contributed by atoms with Crippen molar-refractivity contribution < 1.29 is 0 Å². The SMILES string of the molecule is Cc1cccc([C@@H](C)NC2CC(C)CC(C)C2)c1. The summed E-state index contributed by atoms with van der Waals surface area (Å²) in [6, 6.07) is 10.0. The fraction of sp³-hybridized carbons (Fsp3) is 0.647. The molecule has 1 saturated carbocycles. The van der Waals surface area contributed by atoms with Crippen molar-refractivity contribution in [2.45, 2.75) is 59.0 Å². The van der Waals surface area contributed by atoms with Crippen LogP contribution in [0.5, 0.6) is 0 Å². The molecule has 1 N–H and O–H groups in total. The van der Waals surface area contributed by atoms with Gasteiger partial charge in [0.05, 0.1) is 0 Å². The first-order valence-corrected chi connectivity index (χ1v) is 7.37. The summed E-state index contributed by atoms with van der Waals surface area (Å²) in [7, 11) is 0. The molecule has 0 bridgehead atoms. The van der Waals surface area contributed by atoms with E-state index in [9.17, 15) is 0 Å². The molecule has 2 rings (SSSR count). The van der Waals surface area contributed by atoms with Crippen LogP contribution in [0.4, 0.5) is 0 Å². The molecule has 1 aliphatic carbocycles. The van der Waals surface area contributed by atoms with Crippen molar-refractivity contribution in [3.63, 3.8) is 0 Å². The van der Waals surface area contributed by atoms with Crippen LogP contribution >= 0.6 is 0 Å². The lowest BCUT2D eigenvalue weighted by molar-refractivity contribution is 0.228. The van der Waals surface area contributed by atoms with E-state index in [1.807, 2.05) is 0 Å². The maximum absolute atomic E-state index is 3.82. The zero-order chi connectivity index (χ0) is 13.1. The van der Waals surface area contributed by atoms with E-state index in [0.29, 0.717) is 12.1 Å². The Morgan fingerprint density at radius 3 is 2.39 bits per heavy atom. The van der Waals surface area contributed by atoms with E-state index in [2.05, 4.69) is 57.3 Å². The number of aryl methyl sites for hydroxylation is 1. The summed E-state index contributed by atoms with van der Waals surface area (Å²) in [5.41, 5.74) is 2.77. The van der Waals surface area contributed by atoms with E-state index in [1.54, 1.807) is 0 Å². The molecule has 0 aliphatic heterocycles. The van der Waals surface area contributed by atoms with E-state index in [-0.39, 0.29) is 0 Å². The molecule has 0 amide bonds. The smallest absolute Gasteiger partial charge is 0.0294 e. The topological polar surface area (TPSA) is 12.0 Å². The van der Waals surface area contributed by atoms with Crippen LogP contribution in [-0.4, -0.2) is 6.04 Å². The second kappa shape index (κ2) is 5.88. The molecular formula is C17H27N. The lowest BCUT2D eigenvalue weighted by atomic mass is 9.80. The van der Waals surface area contributed by atoms with Crippen LogP contribution in [-0.2, 0) is 0 Å². The Balaban J connectivity index is 1.96. The van der Waals surface area contributed by atoms with E-state index >= 15 is 0 Å². The van der Waals surface area contributed by atoms with Gasteiger partial charge in [-0.05, 0) is 50.5 Å². The zero-order valence-corrected chi connectivity index (χ0v) is 12.2. The highest BCUT2D eigenvalue weighted by molar-refractivity contribution is 5.24. The Hall–Kier alpha value is -0.820. The fourth-order valence-electron chi connectivity index (χ4n) is 3.47. The van der Waals surface area contributed by atoms with Gasteiger partial charge in [-0.2, -0.15) is 0 Å². The number of hydrogen-bond donors (Lipinski definition) is 1. The number of hydrogen-bond acceptors (Lipinski definition) is 1. The minimum atomic E-state index is 0.465. The van der Waals surface area contributed by atoms with Crippen LogP contribution in [0.1, 0.15) is 57.2 Å². The van der Waals surface area contributed by atoms with Crippen LogP contribution in [0, 0.1) is 18.8 Å². The molecular weight excluding hydrogens is 218 g/mol. The predicted octanol–water partition coefficient (Wildman–Crippen LogP) is 4.47. The summed E-state index contributed by atoms with van der Waals surface area (Å²) in [6.45, 7) is 9.24. The maximum atomic E-state index is 3.82. The van der Waals surface area contributed by atoms with E-state index < -0.39 is 0 Å². The van der Waals surface area contributed by atoms with Crippen LogP contribution in [0.15, 0.2) is 24.3 Å². The van der Waals surface area contributed by atoms with Gasteiger partial charge in [0.25, 0.3) is 0 Å². The van der Waals surface area contributed by atoms with Gasteiger partial charge < -0.3 is 5.32 Å². The zero-order valence-electron chi connectivity index (χ0n) is 12.2. The van der Waals surface area contributed by atoms with E-state index in [0.717, 1.165) is 11.8 Å². The Morgan fingerprint density at radius 2 is 1.78 bits per heavy atom. The van der Waals surface area contributed by atoms with Crippen molar-refractivity contribution in [3.8, 4) is 0 Å². The molecule has 0 saturated heterocycles. The highest BCUT2D eigenvalue weighted by Gasteiger charge is 2.24. The van der Waals surface area contributed by atoms with Gasteiger partial charge in [0.2, 0.25) is 0 Å². The van der Waals surface area contributed by atoms with Gasteiger partial charge in [-0.15, -0.1) is 0 Å². The van der Waals surface area contributed by atoms with Gasteiger partial charge in [0, 0.05) is 12.1 Å². The first-order chi connectivity index (χ1) is 8.54. The molecule has 1 aromatic carbocycles. The van der Waals surface area contributed by atoms with Crippen molar-refractivity contribution in [2.24, 2.45) is 11.8 Å². The lowest BCUT2D eigenvalue weighted by Crippen LogP contribution is -2.37. The monoisotopic (exact) mass is 245 g/mol. The van der Waals surface area contributed by atoms with Crippen LogP contribution in [0.2, 0.25) is 0 Å². The van der Waals surface area contributed by atoms with Crippen molar-refractivity contribution in [1.82, 2.24) is 5.32 Å². The number of nitrogens with one attached hydrogen (secondary N) is 1. The van der Waals surface area contributed by atoms with Gasteiger partial charge in [-0.1, -0.05) is 43.7 Å². The average molecular weight is 245 g/mol. The summed E-state index contributed by atoms with van der Waals surface area (Å²) >= 11 is 0. The molecule has 2 unspecified atom stereocenters. The van der Waals surface area contributed by atoms with E-state index in [1.165, 1.54) is 30.4 Å². The second-order valence-corrected chi connectivity index (χ2v) is 6.42. The van der Waals surface area contributed by atoms with Crippen LogP contribution in [0.3, 0.4) is 0 Å². The molecule has 0 spiro atoms. The van der Waals surface area contributed by atoms with Crippen molar-refractivity contribution in [2.75, 3.05) is 0 Å². The third-order valence-electron chi connectivity index (χ3n) is 4.21. The molecule has 1 aromatic rings. The van der Waals surface area contributed by atoms with Gasteiger partial charge in [-0.25, -0.2) is 0 Å². The highest BCUT2D eigenvalue weighted by atomic mass is 14.9. The largest absolute Gasteiger partial charge is 0.307 e. The van der Waals surface area contributed by atoms with Crippen molar-refractivity contribution in [3.05, 3.63) is 35.4 Å². The van der Waals surface area contributed by atoms with Crippen molar-refractivity contribution in [1.29, 1.82) is 0 Å². The summed E-state index contributed by atoms with van der Waals surface area (Å²) < 4.78 is 0. The maximum Gasteiger partial charge on any atom is 0.0294 e. The quantitative estimate of drug-likeness (QED) is 0.828. The first-order valence-electron chi connectivity index (χ1n) is 7.37. The molecule has 1 fully saturated rings. The van der Waals surface area contributed by atoms with Gasteiger partial charge in [0.1, 0.15) is 0 Å². The minimum absolute atomic E-state index is 0.465. The molecule has 1 aliphatic rings. The van der Waals surface area contributed by atoms with Crippen molar-refractivity contribution >= 4 is 0 Å². The Bertz CT molecular complexity index is 375. The molecule has 0 aromatic heterocycles. The second-order valence-electron chi connectivity index (χ2n) is 6.42. The van der Waals surface area contributed by atoms with Gasteiger partial charge in [0.15, 0.2) is 0 Å². The van der Waals surface area contributed by atoms with Crippen LogP contribution < -0.4 is 5.32 Å². The first kappa shape index (κ1) is 13.6. The summed E-state index contributed by atoms with van der Waals surface area (Å²) in [6.07, 6.45) is 4.07. The molecule has 18 heavy (non-hydrogen) atoms. The Kier molecular flexibility index (Phi) is 4.45. The minimum Gasteiger partial charge on any atom is -0.307 e. The van der Waals surface area contributed by atoms with E-state index in [4.69, 9.17) is 0 Å². The number of rotatable bonds is 3. The van der Waals surface area contributed by atoms with Gasteiger partial charge in [-0.3, -0.25) is 0 Å². The summed E-state index contributed by atoms with van der Waals surface area (Å²) in [4.78, 5) is 0. The summed E-state index contributed by atoms with van der Waals surface area (Å²) in [5, 5.41) is 3.82. The summed E-state index contributed by atoms with van der Waals surface area (Å²) in [5.74, 6) is 1.74. The normalized spacial score (nSPS) is 30.1. The molecule has 0 heterocycles. The third kappa shape index (κ3) is 3.58. The molecule has 100 valence electrons. The molecule has 1 nitrogen and oxygen atoms in total. The van der Waals surface area contributed by atoms with Crippen LogP contribution in [0.25, 0.3) is 0 Å². The molecule has 3 atom stereocenters. The average Bonchev–Trinajstić information content (AvgIpc) is 2.27. The lowest BCUT2D eigenvalue weighted by Gasteiger charge is -2.34.